The molecule has 0 radical (unpaired) electrons. The average Bonchev–Trinajstić information content (AvgIpc) is 2.97. The summed E-state index contributed by atoms with van der Waals surface area (Å²) in [5.74, 6) is -0.0815. The van der Waals surface area contributed by atoms with E-state index >= 15 is 0 Å². The maximum Gasteiger partial charge on any atom is 0.287 e. The van der Waals surface area contributed by atoms with E-state index in [1.54, 1.807) is 6.07 Å². The van der Waals surface area contributed by atoms with Crippen LogP contribution in [0.15, 0.2) is 59.0 Å². The summed E-state index contributed by atoms with van der Waals surface area (Å²) in [5, 5.41) is 13.8. The smallest absolute Gasteiger partial charge is 0.287 e. The first-order chi connectivity index (χ1) is 10.6. The van der Waals surface area contributed by atoms with Crippen LogP contribution in [0.1, 0.15) is 27.8 Å². The minimum Gasteiger partial charge on any atom is -0.451 e. The summed E-state index contributed by atoms with van der Waals surface area (Å²) < 4.78 is 5.50. The number of hydrogen-bond acceptors (Lipinski definition) is 3. The predicted molar refractivity (Wildman–Crippen MR) is 84.7 cm³/mol. The summed E-state index contributed by atoms with van der Waals surface area (Å²) in [4.78, 5) is 12.1. The first-order valence-electron chi connectivity index (χ1n) is 7.15. The number of rotatable bonds is 4. The van der Waals surface area contributed by atoms with Crippen LogP contribution >= 0.6 is 0 Å². The molecule has 0 aliphatic heterocycles. The van der Waals surface area contributed by atoms with Crippen LogP contribution in [0.5, 0.6) is 0 Å². The van der Waals surface area contributed by atoms with E-state index in [2.05, 4.69) is 5.32 Å². The average molecular weight is 295 g/mol. The lowest BCUT2D eigenvalue weighted by molar-refractivity contribution is 0.0891. The number of aliphatic hydroxyl groups excluding tert-OH is 1. The third kappa shape index (κ3) is 2.87. The molecule has 1 unspecified atom stereocenters. The molecular formula is C18H17NO3. The zero-order valence-corrected chi connectivity index (χ0v) is 12.2. The lowest BCUT2D eigenvalue weighted by Gasteiger charge is -2.13. The molecule has 3 aromatic rings. The lowest BCUT2D eigenvalue weighted by atomic mass is 10.0. The molecule has 22 heavy (non-hydrogen) atoms. The fraction of sp³-hybridized carbons (Fsp3) is 0.167. The second-order valence-corrected chi connectivity index (χ2v) is 5.23. The molecule has 1 atom stereocenters. The van der Waals surface area contributed by atoms with E-state index in [1.165, 1.54) is 0 Å². The number of furan rings is 1. The highest BCUT2D eigenvalue weighted by molar-refractivity contribution is 5.96. The molecule has 1 aromatic heterocycles. The zero-order chi connectivity index (χ0) is 15.5. The molecule has 2 aromatic carbocycles. The summed E-state index contributed by atoms with van der Waals surface area (Å²) >= 11 is 0. The van der Waals surface area contributed by atoms with Gasteiger partial charge in [0, 0.05) is 11.9 Å². The Morgan fingerprint density at radius 2 is 1.91 bits per heavy atom. The topological polar surface area (TPSA) is 62.5 Å². The molecule has 0 bridgehead atoms. The molecule has 0 saturated carbocycles. The van der Waals surface area contributed by atoms with Gasteiger partial charge in [0.1, 0.15) is 5.58 Å². The monoisotopic (exact) mass is 295 g/mol. The van der Waals surface area contributed by atoms with Crippen LogP contribution in [-0.4, -0.2) is 17.6 Å². The van der Waals surface area contributed by atoms with Crippen LogP contribution in [0.3, 0.4) is 0 Å². The van der Waals surface area contributed by atoms with Gasteiger partial charge in [0.15, 0.2) is 5.76 Å². The van der Waals surface area contributed by atoms with Crippen molar-refractivity contribution in [1.29, 1.82) is 0 Å². The van der Waals surface area contributed by atoms with E-state index in [4.69, 9.17) is 4.42 Å². The molecule has 0 saturated heterocycles. The summed E-state index contributed by atoms with van der Waals surface area (Å²) in [6.07, 6.45) is -0.741. The SMILES string of the molecule is Cc1ccccc1C(O)CNC(=O)c1cc2ccccc2o1. The van der Waals surface area contributed by atoms with Gasteiger partial charge in [-0.05, 0) is 30.2 Å². The highest BCUT2D eigenvalue weighted by Crippen LogP contribution is 2.19. The van der Waals surface area contributed by atoms with Crippen LogP contribution in [0.25, 0.3) is 11.0 Å². The van der Waals surface area contributed by atoms with Crippen molar-refractivity contribution >= 4 is 16.9 Å². The van der Waals surface area contributed by atoms with Crippen LogP contribution < -0.4 is 5.32 Å². The number of aryl methyl sites for hydroxylation is 1. The Labute approximate surface area is 128 Å². The maximum atomic E-state index is 12.1. The van der Waals surface area contributed by atoms with Gasteiger partial charge in [-0.15, -0.1) is 0 Å². The second-order valence-electron chi connectivity index (χ2n) is 5.23. The molecule has 4 heteroatoms. The number of carbonyl (C=O) groups excluding carboxylic acids is 1. The number of para-hydroxylation sites is 1. The van der Waals surface area contributed by atoms with Gasteiger partial charge in [-0.2, -0.15) is 0 Å². The van der Waals surface area contributed by atoms with Crippen LogP contribution in [0.4, 0.5) is 0 Å². The number of fused-ring (bicyclic) bond motifs is 1. The van der Waals surface area contributed by atoms with E-state index in [0.717, 1.165) is 16.5 Å². The van der Waals surface area contributed by atoms with Crippen LogP contribution in [0.2, 0.25) is 0 Å². The van der Waals surface area contributed by atoms with Crippen molar-refractivity contribution < 1.29 is 14.3 Å². The molecule has 0 spiro atoms. The van der Waals surface area contributed by atoms with Gasteiger partial charge in [0.25, 0.3) is 5.91 Å². The number of carbonyl (C=O) groups is 1. The molecule has 0 aliphatic carbocycles. The molecular weight excluding hydrogens is 278 g/mol. The minimum atomic E-state index is -0.741. The largest absolute Gasteiger partial charge is 0.451 e. The molecule has 0 aliphatic rings. The Balaban J connectivity index is 1.68. The molecule has 112 valence electrons. The van der Waals surface area contributed by atoms with Crippen molar-refractivity contribution in [2.24, 2.45) is 0 Å². The Kier molecular flexibility index (Phi) is 3.94. The number of amides is 1. The van der Waals surface area contributed by atoms with Gasteiger partial charge in [-0.25, -0.2) is 0 Å². The van der Waals surface area contributed by atoms with Crippen molar-refractivity contribution in [3.63, 3.8) is 0 Å². The summed E-state index contributed by atoms with van der Waals surface area (Å²) in [6, 6.07) is 16.7. The lowest BCUT2D eigenvalue weighted by Crippen LogP contribution is -2.28. The third-order valence-corrected chi connectivity index (χ3v) is 3.65. The van der Waals surface area contributed by atoms with Gasteiger partial charge in [0.2, 0.25) is 0 Å². The number of nitrogens with one attached hydrogen (secondary N) is 1. The summed E-state index contributed by atoms with van der Waals surface area (Å²) in [6.45, 7) is 2.07. The van der Waals surface area contributed by atoms with Gasteiger partial charge in [0.05, 0.1) is 6.10 Å². The summed E-state index contributed by atoms with van der Waals surface area (Å²) in [5.41, 5.74) is 2.48. The third-order valence-electron chi connectivity index (χ3n) is 3.65. The first-order valence-corrected chi connectivity index (χ1v) is 7.15. The van der Waals surface area contributed by atoms with E-state index in [0.29, 0.717) is 5.58 Å². The van der Waals surface area contributed by atoms with Gasteiger partial charge in [-0.1, -0.05) is 42.5 Å². The highest BCUT2D eigenvalue weighted by Gasteiger charge is 2.15. The van der Waals surface area contributed by atoms with Crippen molar-refractivity contribution in [3.8, 4) is 0 Å². The number of aliphatic hydroxyl groups is 1. The van der Waals surface area contributed by atoms with E-state index in [1.807, 2.05) is 55.5 Å². The highest BCUT2D eigenvalue weighted by atomic mass is 16.3. The van der Waals surface area contributed by atoms with Crippen molar-refractivity contribution in [1.82, 2.24) is 5.32 Å². The number of benzene rings is 2. The second kappa shape index (κ2) is 6.03. The van der Waals surface area contributed by atoms with Crippen LogP contribution in [-0.2, 0) is 0 Å². The summed E-state index contributed by atoms with van der Waals surface area (Å²) in [7, 11) is 0. The fourth-order valence-electron chi connectivity index (χ4n) is 2.44. The quantitative estimate of drug-likeness (QED) is 0.777. The Morgan fingerprint density at radius 3 is 2.68 bits per heavy atom. The Hall–Kier alpha value is -2.59. The number of hydrogen-bond donors (Lipinski definition) is 2. The van der Waals surface area contributed by atoms with Gasteiger partial charge >= 0.3 is 0 Å². The molecule has 1 amide bonds. The standard InChI is InChI=1S/C18H17NO3/c1-12-6-2-4-8-14(12)15(20)11-19-18(21)17-10-13-7-3-5-9-16(13)22-17/h2-10,15,20H,11H2,1H3,(H,19,21). The molecule has 1 heterocycles. The maximum absolute atomic E-state index is 12.1. The minimum absolute atomic E-state index is 0.140. The van der Waals surface area contributed by atoms with Gasteiger partial charge in [-0.3, -0.25) is 4.79 Å². The Bertz CT molecular complexity index is 774. The van der Waals surface area contributed by atoms with Gasteiger partial charge < -0.3 is 14.8 Å². The van der Waals surface area contributed by atoms with Crippen LogP contribution in [0, 0.1) is 6.92 Å². The van der Waals surface area contributed by atoms with E-state index < -0.39 is 6.10 Å². The Morgan fingerprint density at radius 1 is 1.18 bits per heavy atom. The molecule has 3 rings (SSSR count). The van der Waals surface area contributed by atoms with Crippen molar-refractivity contribution in [2.45, 2.75) is 13.0 Å². The van der Waals surface area contributed by atoms with Crippen molar-refractivity contribution in [2.75, 3.05) is 6.54 Å². The van der Waals surface area contributed by atoms with Crippen molar-refractivity contribution in [3.05, 3.63) is 71.5 Å². The molecule has 2 N–H and O–H groups in total. The fourth-order valence-corrected chi connectivity index (χ4v) is 2.44. The first kappa shape index (κ1) is 14.4. The molecule has 0 fully saturated rings. The molecule has 4 nitrogen and oxygen atoms in total. The van der Waals surface area contributed by atoms with E-state index in [-0.39, 0.29) is 18.2 Å². The normalized spacial score (nSPS) is 12.3. The predicted octanol–water partition coefficient (Wildman–Crippen LogP) is 3.20. The van der Waals surface area contributed by atoms with E-state index in [9.17, 15) is 9.90 Å². The zero-order valence-electron chi connectivity index (χ0n) is 12.2.